The molecule has 38 heavy (non-hydrogen) atoms. The first kappa shape index (κ1) is 25.7. The SMILES string of the molecule is CCOC(=O)C1=NN(c2ccccc2)[C@@]2(S1)Sc1ccccc1N2/C(=N\Nc1ccccc1)C(=O)OCC. The van der Waals surface area contributed by atoms with E-state index in [2.05, 4.69) is 10.5 Å². The Kier molecular flexibility index (Phi) is 7.57. The van der Waals surface area contributed by atoms with Crippen molar-refractivity contribution in [2.24, 2.45) is 10.2 Å². The van der Waals surface area contributed by atoms with Crippen molar-refractivity contribution in [3.8, 4) is 0 Å². The summed E-state index contributed by atoms with van der Waals surface area (Å²) in [4.78, 5) is 29.0. The molecule has 2 aliphatic heterocycles. The van der Waals surface area contributed by atoms with Gasteiger partial charge >= 0.3 is 11.9 Å². The van der Waals surface area contributed by atoms with E-state index < -0.39 is 16.3 Å². The van der Waals surface area contributed by atoms with E-state index in [4.69, 9.17) is 14.6 Å². The number of hydrazone groups is 2. The number of carbonyl (C=O) groups is 2. The molecular formula is C27H25N5O4S2. The monoisotopic (exact) mass is 547 g/mol. The third-order valence-electron chi connectivity index (χ3n) is 5.51. The average molecular weight is 548 g/mol. The number of nitrogens with zero attached hydrogens (tertiary/aromatic N) is 4. The molecule has 0 radical (unpaired) electrons. The lowest BCUT2D eigenvalue weighted by atomic mass is 10.2. The Morgan fingerprint density at radius 2 is 1.55 bits per heavy atom. The number of benzene rings is 3. The molecule has 11 heteroatoms. The number of thioether (sulfide) groups is 2. The molecule has 1 spiro atoms. The van der Waals surface area contributed by atoms with Gasteiger partial charge in [0.05, 0.1) is 30.3 Å². The lowest BCUT2D eigenvalue weighted by Gasteiger charge is -2.39. The van der Waals surface area contributed by atoms with E-state index in [1.54, 1.807) is 23.8 Å². The molecule has 2 heterocycles. The van der Waals surface area contributed by atoms with Crippen molar-refractivity contribution in [2.45, 2.75) is 23.1 Å². The molecule has 9 nitrogen and oxygen atoms in total. The Morgan fingerprint density at radius 3 is 2.26 bits per heavy atom. The normalized spacial score (nSPS) is 18.3. The number of fused-ring (bicyclic) bond motifs is 1. The summed E-state index contributed by atoms with van der Waals surface area (Å²) in [6, 6.07) is 26.5. The molecule has 0 aromatic heterocycles. The first-order chi connectivity index (χ1) is 18.6. The van der Waals surface area contributed by atoms with E-state index in [1.807, 2.05) is 84.9 Å². The molecule has 0 amide bonds. The lowest BCUT2D eigenvalue weighted by molar-refractivity contribution is -0.135. The summed E-state index contributed by atoms with van der Waals surface area (Å²) in [7, 11) is 0. The lowest BCUT2D eigenvalue weighted by Crippen LogP contribution is -2.55. The van der Waals surface area contributed by atoms with Gasteiger partial charge in [-0.25, -0.2) is 14.6 Å². The highest BCUT2D eigenvalue weighted by molar-refractivity contribution is 8.28. The van der Waals surface area contributed by atoms with Crippen molar-refractivity contribution in [3.05, 3.63) is 84.9 Å². The Hall–Kier alpha value is -3.96. The number of rotatable bonds is 6. The predicted molar refractivity (Wildman–Crippen MR) is 152 cm³/mol. The van der Waals surface area contributed by atoms with E-state index in [9.17, 15) is 9.59 Å². The Bertz CT molecular complexity index is 1390. The zero-order valence-corrected chi connectivity index (χ0v) is 22.4. The van der Waals surface area contributed by atoms with Gasteiger partial charge in [-0.15, -0.1) is 5.10 Å². The summed E-state index contributed by atoms with van der Waals surface area (Å²) >= 11 is 2.65. The van der Waals surface area contributed by atoms with Crippen LogP contribution in [0.15, 0.2) is 100 Å². The predicted octanol–water partition coefficient (Wildman–Crippen LogP) is 5.33. The highest BCUT2D eigenvalue weighted by Crippen LogP contribution is 2.61. The maximum absolute atomic E-state index is 13.5. The molecule has 0 unspecified atom stereocenters. The smallest absolute Gasteiger partial charge is 0.376 e. The molecule has 5 rings (SSSR count). The molecular weight excluding hydrogens is 522 g/mol. The highest BCUT2D eigenvalue weighted by atomic mass is 32.2. The number of nitrogens with one attached hydrogen (secondary N) is 1. The number of carbonyl (C=O) groups excluding carboxylic acids is 2. The van der Waals surface area contributed by atoms with Gasteiger partial charge in [0, 0.05) is 4.90 Å². The summed E-state index contributed by atoms with van der Waals surface area (Å²) in [6.45, 7) is 3.87. The van der Waals surface area contributed by atoms with Crippen molar-refractivity contribution in [3.63, 3.8) is 0 Å². The second-order valence-corrected chi connectivity index (χ2v) is 10.6. The third kappa shape index (κ3) is 4.82. The number of hydrogen-bond donors (Lipinski definition) is 1. The Morgan fingerprint density at radius 1 is 0.895 bits per heavy atom. The minimum absolute atomic E-state index is 0.0156. The zero-order chi connectivity index (χ0) is 26.5. The third-order valence-corrected chi connectivity index (χ3v) is 8.25. The van der Waals surface area contributed by atoms with E-state index in [-0.39, 0.29) is 24.1 Å². The van der Waals surface area contributed by atoms with E-state index in [0.29, 0.717) is 5.69 Å². The first-order valence-electron chi connectivity index (χ1n) is 12.0. The Labute approximate surface area is 228 Å². The fourth-order valence-electron chi connectivity index (χ4n) is 3.94. The van der Waals surface area contributed by atoms with Crippen LogP contribution < -0.4 is 15.3 Å². The van der Waals surface area contributed by atoms with Crippen molar-refractivity contribution >= 4 is 63.4 Å². The van der Waals surface area contributed by atoms with Crippen molar-refractivity contribution in [1.82, 2.24) is 0 Å². The van der Waals surface area contributed by atoms with E-state index in [0.717, 1.165) is 16.3 Å². The molecule has 1 N–H and O–H groups in total. The maximum atomic E-state index is 13.5. The van der Waals surface area contributed by atoms with Crippen LogP contribution in [-0.4, -0.2) is 40.4 Å². The standard InChI is InChI=1S/C27H25N5O4S2/c1-3-35-25(33)23(29-28-19-13-7-5-8-14-19)31-21-17-11-12-18-22(21)37-27(31)32(20-15-9-6-10-16-20)30-24(38-27)26(34)36-4-2/h5-18,28H,3-4H2,1-2H3/b29-23-/t27-/m1/s1. The summed E-state index contributed by atoms with van der Waals surface area (Å²) in [5, 5.41) is 11.1. The van der Waals surface area contributed by atoms with Gasteiger partial charge < -0.3 is 9.47 Å². The number of anilines is 3. The second kappa shape index (κ2) is 11.2. The molecule has 2 aliphatic rings. The molecule has 0 bridgehead atoms. The number of esters is 2. The van der Waals surface area contributed by atoms with E-state index >= 15 is 0 Å². The summed E-state index contributed by atoms with van der Waals surface area (Å²) in [5.41, 5.74) is 5.14. The van der Waals surface area contributed by atoms with Crippen LogP contribution in [0.4, 0.5) is 17.1 Å². The molecule has 0 fully saturated rings. The number of amidine groups is 1. The highest BCUT2D eigenvalue weighted by Gasteiger charge is 2.59. The second-order valence-electron chi connectivity index (χ2n) is 7.96. The van der Waals surface area contributed by atoms with Gasteiger partial charge in [-0.3, -0.25) is 10.3 Å². The van der Waals surface area contributed by atoms with Gasteiger partial charge in [-0.2, -0.15) is 5.10 Å². The van der Waals surface area contributed by atoms with Crippen molar-refractivity contribution in [1.29, 1.82) is 0 Å². The van der Waals surface area contributed by atoms with Crippen LogP contribution in [-0.2, 0) is 19.1 Å². The fourth-order valence-corrected chi connectivity index (χ4v) is 6.85. The average Bonchev–Trinajstić information content (AvgIpc) is 3.48. The molecule has 1 atom stereocenters. The van der Waals surface area contributed by atoms with Crippen LogP contribution in [0.1, 0.15) is 13.8 Å². The van der Waals surface area contributed by atoms with Crippen LogP contribution >= 0.6 is 23.5 Å². The van der Waals surface area contributed by atoms with Crippen LogP contribution in [0, 0.1) is 0 Å². The quantitative estimate of drug-likeness (QED) is 0.190. The van der Waals surface area contributed by atoms with Gasteiger partial charge in [-0.1, -0.05) is 60.3 Å². The molecule has 0 saturated heterocycles. The zero-order valence-electron chi connectivity index (χ0n) is 20.7. The molecule has 0 aliphatic carbocycles. The maximum Gasteiger partial charge on any atom is 0.376 e. The van der Waals surface area contributed by atoms with Gasteiger partial charge in [-0.05, 0) is 62.0 Å². The van der Waals surface area contributed by atoms with Crippen LogP contribution in [0.2, 0.25) is 0 Å². The molecule has 3 aromatic carbocycles. The molecule has 3 aromatic rings. The van der Waals surface area contributed by atoms with Gasteiger partial charge in [0.2, 0.25) is 15.2 Å². The van der Waals surface area contributed by atoms with Gasteiger partial charge in [0.1, 0.15) is 0 Å². The van der Waals surface area contributed by atoms with Crippen LogP contribution in [0.3, 0.4) is 0 Å². The van der Waals surface area contributed by atoms with Crippen molar-refractivity contribution in [2.75, 3.05) is 28.5 Å². The van der Waals surface area contributed by atoms with Gasteiger partial charge in [0.25, 0.3) is 0 Å². The minimum atomic E-state index is -1.14. The Balaban J connectivity index is 1.67. The number of hydrogen-bond acceptors (Lipinski definition) is 10. The summed E-state index contributed by atoms with van der Waals surface area (Å²) in [6.07, 6.45) is 0. The van der Waals surface area contributed by atoms with Gasteiger partial charge in [0.15, 0.2) is 0 Å². The molecule has 194 valence electrons. The van der Waals surface area contributed by atoms with E-state index in [1.165, 1.54) is 23.5 Å². The molecule has 0 saturated carbocycles. The van der Waals surface area contributed by atoms with Crippen molar-refractivity contribution < 1.29 is 19.1 Å². The number of para-hydroxylation sites is 3. The summed E-state index contributed by atoms with van der Waals surface area (Å²) < 4.78 is 9.61. The van der Waals surface area contributed by atoms with Crippen LogP contribution in [0.25, 0.3) is 0 Å². The summed E-state index contributed by atoms with van der Waals surface area (Å²) in [5.74, 6) is -1.14. The van der Waals surface area contributed by atoms with Crippen LogP contribution in [0.5, 0.6) is 0 Å². The fraction of sp³-hybridized carbons (Fsp3) is 0.185. The largest absolute Gasteiger partial charge is 0.461 e. The first-order valence-corrected chi connectivity index (χ1v) is 13.6. The minimum Gasteiger partial charge on any atom is -0.461 e. The number of ether oxygens (including phenoxy) is 2. The topological polar surface area (TPSA) is 95.8 Å².